The Morgan fingerprint density at radius 3 is 2.77 bits per heavy atom. The summed E-state index contributed by atoms with van der Waals surface area (Å²) in [6.07, 6.45) is 1.39. The number of aromatic nitrogens is 1. The van der Waals surface area contributed by atoms with E-state index < -0.39 is 0 Å². The van der Waals surface area contributed by atoms with Gasteiger partial charge in [0.15, 0.2) is 12.2 Å². The third-order valence-corrected chi connectivity index (χ3v) is 1.74. The molecule has 0 fully saturated rings. The molecule has 74 valence electrons. The highest BCUT2D eigenvalue weighted by Crippen LogP contribution is 2.15. The third-order valence-electron chi connectivity index (χ3n) is 1.49. The fourth-order valence-electron chi connectivity index (χ4n) is 0.802. The van der Waals surface area contributed by atoms with Crippen LogP contribution in [0, 0.1) is 0 Å². The molecule has 0 atom stereocenters. The van der Waals surface area contributed by atoms with Crippen molar-refractivity contribution in [3.05, 3.63) is 17.8 Å². The molecule has 13 heavy (non-hydrogen) atoms. The van der Waals surface area contributed by atoms with Crippen molar-refractivity contribution in [1.29, 1.82) is 0 Å². The van der Waals surface area contributed by atoms with E-state index in [9.17, 15) is 0 Å². The van der Waals surface area contributed by atoms with Gasteiger partial charge in [0.1, 0.15) is 6.61 Å². The fraction of sp³-hybridized carbons (Fsp3) is 0.667. The van der Waals surface area contributed by atoms with Gasteiger partial charge in [-0.3, -0.25) is 0 Å². The number of hydrogen-bond donors (Lipinski definition) is 0. The highest BCUT2D eigenvalue weighted by molar-refractivity contribution is 6.16. The molecule has 0 saturated heterocycles. The first-order valence-corrected chi connectivity index (χ1v) is 4.67. The van der Waals surface area contributed by atoms with Crippen molar-refractivity contribution in [3.63, 3.8) is 0 Å². The van der Waals surface area contributed by atoms with Crippen LogP contribution in [0.2, 0.25) is 0 Å². The van der Waals surface area contributed by atoms with Crippen molar-refractivity contribution < 1.29 is 9.15 Å². The average molecular weight is 204 g/mol. The summed E-state index contributed by atoms with van der Waals surface area (Å²) >= 11 is 5.65. The van der Waals surface area contributed by atoms with Gasteiger partial charge in [-0.05, 0) is 20.8 Å². The van der Waals surface area contributed by atoms with Crippen molar-refractivity contribution >= 4 is 11.6 Å². The highest BCUT2D eigenvalue weighted by Gasteiger charge is 2.13. The molecule has 0 spiro atoms. The summed E-state index contributed by atoms with van der Waals surface area (Å²) in [6.45, 7) is 6.39. The van der Waals surface area contributed by atoms with Gasteiger partial charge in [0, 0.05) is 0 Å². The molecule has 1 heterocycles. The molecule has 0 unspecified atom stereocenters. The van der Waals surface area contributed by atoms with E-state index in [4.69, 9.17) is 20.8 Å². The first-order chi connectivity index (χ1) is 6.03. The van der Waals surface area contributed by atoms with E-state index in [-0.39, 0.29) is 5.60 Å². The summed E-state index contributed by atoms with van der Waals surface area (Å²) in [5, 5.41) is 0. The maximum Gasteiger partial charge on any atom is 0.181 e. The standard InChI is InChI=1S/C9H14ClNO2/c1-9(2,3)13-5-8-7(4-10)11-6-12-8/h6H,4-5H2,1-3H3. The largest absolute Gasteiger partial charge is 0.446 e. The van der Waals surface area contributed by atoms with Crippen LogP contribution >= 0.6 is 11.6 Å². The van der Waals surface area contributed by atoms with Crippen LogP contribution in [0.25, 0.3) is 0 Å². The summed E-state index contributed by atoms with van der Waals surface area (Å²) in [4.78, 5) is 3.96. The zero-order valence-electron chi connectivity index (χ0n) is 8.13. The number of alkyl halides is 1. The summed E-state index contributed by atoms with van der Waals surface area (Å²) in [6, 6.07) is 0. The van der Waals surface area contributed by atoms with Gasteiger partial charge in [-0.1, -0.05) is 0 Å². The van der Waals surface area contributed by atoms with Gasteiger partial charge >= 0.3 is 0 Å². The Kier molecular flexibility index (Phi) is 3.33. The average Bonchev–Trinajstić information content (AvgIpc) is 2.46. The number of halogens is 1. The molecule has 3 nitrogen and oxygen atoms in total. The lowest BCUT2D eigenvalue weighted by Crippen LogP contribution is -2.18. The van der Waals surface area contributed by atoms with Gasteiger partial charge in [-0.15, -0.1) is 11.6 Å². The summed E-state index contributed by atoms with van der Waals surface area (Å²) in [5.41, 5.74) is 0.585. The molecule has 0 aliphatic carbocycles. The van der Waals surface area contributed by atoms with Crippen LogP contribution in [0.15, 0.2) is 10.8 Å². The molecular formula is C9H14ClNO2. The molecule has 1 rings (SSSR count). The van der Waals surface area contributed by atoms with E-state index in [1.54, 1.807) is 0 Å². The van der Waals surface area contributed by atoms with Crippen LogP contribution in [-0.2, 0) is 17.2 Å². The van der Waals surface area contributed by atoms with Crippen LogP contribution in [0.1, 0.15) is 32.2 Å². The Morgan fingerprint density at radius 2 is 2.23 bits per heavy atom. The summed E-state index contributed by atoms with van der Waals surface area (Å²) < 4.78 is 10.7. The quantitative estimate of drug-likeness (QED) is 0.709. The molecule has 0 aliphatic heterocycles. The maximum absolute atomic E-state index is 5.65. The van der Waals surface area contributed by atoms with Gasteiger partial charge in [0.2, 0.25) is 0 Å². The first kappa shape index (κ1) is 10.5. The van der Waals surface area contributed by atoms with Crippen LogP contribution in [0.3, 0.4) is 0 Å². The zero-order valence-corrected chi connectivity index (χ0v) is 8.89. The second-order valence-electron chi connectivity index (χ2n) is 3.76. The minimum atomic E-state index is -0.170. The van der Waals surface area contributed by atoms with Crippen LogP contribution in [-0.4, -0.2) is 10.6 Å². The predicted octanol–water partition coefficient (Wildman–Crippen LogP) is 2.73. The Hall–Kier alpha value is -0.540. The van der Waals surface area contributed by atoms with E-state index in [2.05, 4.69) is 4.98 Å². The van der Waals surface area contributed by atoms with E-state index in [1.165, 1.54) is 6.39 Å². The Labute approximate surface area is 83.1 Å². The molecule has 4 heteroatoms. The number of hydrogen-bond acceptors (Lipinski definition) is 3. The van der Waals surface area contributed by atoms with Crippen molar-refractivity contribution in [1.82, 2.24) is 4.98 Å². The lowest BCUT2D eigenvalue weighted by Gasteiger charge is -2.18. The van der Waals surface area contributed by atoms with Gasteiger partial charge in [0.25, 0.3) is 0 Å². The number of rotatable bonds is 3. The molecule has 0 N–H and O–H groups in total. The minimum absolute atomic E-state index is 0.170. The molecule has 0 aromatic carbocycles. The van der Waals surface area contributed by atoms with Crippen LogP contribution in [0.5, 0.6) is 0 Å². The SMILES string of the molecule is CC(C)(C)OCc1ocnc1CCl. The molecule has 0 aliphatic rings. The molecule has 1 aromatic rings. The minimum Gasteiger partial charge on any atom is -0.446 e. The molecule has 0 radical (unpaired) electrons. The van der Waals surface area contributed by atoms with E-state index >= 15 is 0 Å². The second kappa shape index (κ2) is 4.11. The number of nitrogens with zero attached hydrogens (tertiary/aromatic N) is 1. The van der Waals surface area contributed by atoms with E-state index in [0.29, 0.717) is 18.2 Å². The van der Waals surface area contributed by atoms with Crippen molar-refractivity contribution in [3.8, 4) is 0 Å². The molecule has 0 saturated carbocycles. The molecular weight excluding hydrogens is 190 g/mol. The third kappa shape index (κ3) is 3.36. The molecule has 0 bridgehead atoms. The van der Waals surface area contributed by atoms with E-state index in [0.717, 1.165) is 5.69 Å². The van der Waals surface area contributed by atoms with Gasteiger partial charge in [-0.2, -0.15) is 0 Å². The molecule has 1 aromatic heterocycles. The monoisotopic (exact) mass is 203 g/mol. The fourth-order valence-corrected chi connectivity index (χ4v) is 1.02. The van der Waals surface area contributed by atoms with Crippen molar-refractivity contribution in [2.45, 2.75) is 38.9 Å². The Balaban J connectivity index is 2.54. The van der Waals surface area contributed by atoms with Gasteiger partial charge < -0.3 is 9.15 Å². The summed E-state index contributed by atoms with van der Waals surface area (Å²) in [7, 11) is 0. The predicted molar refractivity (Wildman–Crippen MR) is 50.6 cm³/mol. The maximum atomic E-state index is 5.65. The zero-order chi connectivity index (χ0) is 9.90. The van der Waals surface area contributed by atoms with Gasteiger partial charge in [0.05, 0.1) is 17.2 Å². The highest BCUT2D eigenvalue weighted by atomic mass is 35.5. The smallest absolute Gasteiger partial charge is 0.181 e. The topological polar surface area (TPSA) is 35.3 Å². The van der Waals surface area contributed by atoms with Crippen LogP contribution < -0.4 is 0 Å². The number of oxazole rings is 1. The second-order valence-corrected chi connectivity index (χ2v) is 4.02. The normalized spacial score (nSPS) is 12.0. The summed E-state index contributed by atoms with van der Waals surface area (Å²) in [5.74, 6) is 1.07. The molecule has 0 amide bonds. The lowest BCUT2D eigenvalue weighted by molar-refractivity contribution is -0.0226. The van der Waals surface area contributed by atoms with Crippen molar-refractivity contribution in [2.75, 3.05) is 0 Å². The number of ether oxygens (including phenoxy) is 1. The Morgan fingerprint density at radius 1 is 1.54 bits per heavy atom. The Bertz CT molecular complexity index is 265. The van der Waals surface area contributed by atoms with Gasteiger partial charge in [-0.25, -0.2) is 4.98 Å². The lowest BCUT2D eigenvalue weighted by atomic mass is 10.2. The van der Waals surface area contributed by atoms with E-state index in [1.807, 2.05) is 20.8 Å². The van der Waals surface area contributed by atoms with Crippen LogP contribution in [0.4, 0.5) is 0 Å². The van der Waals surface area contributed by atoms with Crippen molar-refractivity contribution in [2.24, 2.45) is 0 Å². The first-order valence-electron chi connectivity index (χ1n) is 4.14.